The molecule has 1 saturated carbocycles. The topological polar surface area (TPSA) is 63.2 Å². The molecule has 7 heteroatoms. The molecule has 1 saturated heterocycles. The van der Waals surface area contributed by atoms with Crippen LogP contribution < -0.4 is 5.32 Å². The number of aliphatic imine (C=N–C) groups is 1. The van der Waals surface area contributed by atoms with Gasteiger partial charge in [-0.3, -0.25) is 9.79 Å². The van der Waals surface area contributed by atoms with Gasteiger partial charge in [-0.15, -0.1) is 24.0 Å². The van der Waals surface area contributed by atoms with E-state index in [1.807, 2.05) is 0 Å². The Balaban J connectivity index is 0.00000288. The van der Waals surface area contributed by atoms with Crippen molar-refractivity contribution in [2.24, 2.45) is 22.2 Å². The first-order valence-electron chi connectivity index (χ1n) is 8.65. The first kappa shape index (κ1) is 21.5. The average Bonchev–Trinajstić information content (AvgIpc) is 3.22. The third-order valence-corrected chi connectivity index (χ3v) is 5.11. The average molecular weight is 453 g/mol. The summed E-state index contributed by atoms with van der Waals surface area (Å²) in [6.07, 6.45) is 3.55. The molecular weight excluding hydrogens is 421 g/mol. The smallest absolute Gasteiger partial charge is 0.310 e. The largest absolute Gasteiger partial charge is 0.469 e. The molecular formula is C17H32IN3O3. The number of likely N-dealkylation sites (tertiary alicyclic amines) is 1. The summed E-state index contributed by atoms with van der Waals surface area (Å²) in [5.74, 6) is 1.03. The molecule has 0 aromatic carbocycles. The summed E-state index contributed by atoms with van der Waals surface area (Å²) in [6, 6.07) is 0. The number of nitrogens with one attached hydrogen (secondary N) is 1. The predicted molar refractivity (Wildman–Crippen MR) is 106 cm³/mol. The van der Waals surface area contributed by atoms with Crippen LogP contribution in [0.3, 0.4) is 0 Å². The second-order valence-electron chi connectivity index (χ2n) is 6.92. The summed E-state index contributed by atoms with van der Waals surface area (Å²) in [5, 5.41) is 3.37. The zero-order chi connectivity index (χ0) is 16.9. The van der Waals surface area contributed by atoms with E-state index in [9.17, 15) is 4.79 Å². The molecule has 2 fully saturated rings. The SMILES string of the molecule is CCNC(=NCC1(CCOC)CC1)N1CC(C)C(C(=O)OC)C1.I. The summed E-state index contributed by atoms with van der Waals surface area (Å²) >= 11 is 0. The molecule has 0 amide bonds. The molecule has 0 aromatic rings. The van der Waals surface area contributed by atoms with Gasteiger partial charge in [0.2, 0.25) is 0 Å². The van der Waals surface area contributed by atoms with Crippen molar-refractivity contribution in [3.63, 3.8) is 0 Å². The van der Waals surface area contributed by atoms with E-state index in [1.54, 1.807) is 7.11 Å². The Bertz CT molecular complexity index is 441. The second kappa shape index (κ2) is 9.79. The van der Waals surface area contributed by atoms with E-state index in [-0.39, 0.29) is 41.8 Å². The summed E-state index contributed by atoms with van der Waals surface area (Å²) in [7, 11) is 3.21. The molecule has 24 heavy (non-hydrogen) atoms. The zero-order valence-electron chi connectivity index (χ0n) is 15.3. The van der Waals surface area contributed by atoms with Crippen LogP contribution in [0.15, 0.2) is 4.99 Å². The van der Waals surface area contributed by atoms with E-state index in [0.29, 0.717) is 12.0 Å². The third-order valence-electron chi connectivity index (χ3n) is 5.11. The van der Waals surface area contributed by atoms with Gasteiger partial charge in [-0.05, 0) is 37.5 Å². The van der Waals surface area contributed by atoms with Crippen LogP contribution in [0.5, 0.6) is 0 Å². The molecule has 1 aliphatic carbocycles. The molecule has 1 heterocycles. The molecule has 2 unspecified atom stereocenters. The highest BCUT2D eigenvalue weighted by Crippen LogP contribution is 2.49. The number of ether oxygens (including phenoxy) is 2. The fraction of sp³-hybridized carbons (Fsp3) is 0.882. The Kier molecular flexibility index (Phi) is 8.76. The Morgan fingerprint density at radius 3 is 2.58 bits per heavy atom. The van der Waals surface area contributed by atoms with E-state index >= 15 is 0 Å². The molecule has 1 N–H and O–H groups in total. The highest BCUT2D eigenvalue weighted by atomic mass is 127. The van der Waals surface area contributed by atoms with Gasteiger partial charge < -0.3 is 19.7 Å². The monoisotopic (exact) mass is 453 g/mol. The maximum absolute atomic E-state index is 11.9. The number of esters is 1. The van der Waals surface area contributed by atoms with Gasteiger partial charge in [0, 0.05) is 39.9 Å². The highest BCUT2D eigenvalue weighted by molar-refractivity contribution is 14.0. The fourth-order valence-electron chi connectivity index (χ4n) is 3.25. The van der Waals surface area contributed by atoms with Crippen molar-refractivity contribution in [1.29, 1.82) is 0 Å². The van der Waals surface area contributed by atoms with Gasteiger partial charge in [-0.2, -0.15) is 0 Å². The fourth-order valence-corrected chi connectivity index (χ4v) is 3.25. The molecule has 0 radical (unpaired) electrons. The van der Waals surface area contributed by atoms with E-state index in [2.05, 4.69) is 24.1 Å². The zero-order valence-corrected chi connectivity index (χ0v) is 17.7. The number of rotatable bonds is 7. The lowest BCUT2D eigenvalue weighted by Gasteiger charge is -2.22. The van der Waals surface area contributed by atoms with Crippen LogP contribution in [0.1, 0.15) is 33.1 Å². The Hall–Kier alpha value is -0.570. The predicted octanol–water partition coefficient (Wildman–Crippen LogP) is 2.13. The molecule has 2 atom stereocenters. The van der Waals surface area contributed by atoms with Gasteiger partial charge in [0.15, 0.2) is 5.96 Å². The number of methoxy groups -OCH3 is 2. The third kappa shape index (κ3) is 5.47. The lowest BCUT2D eigenvalue weighted by atomic mass is 9.99. The van der Waals surface area contributed by atoms with Gasteiger partial charge in [0.25, 0.3) is 0 Å². The number of carbonyl (C=O) groups excluding carboxylic acids is 1. The van der Waals surface area contributed by atoms with Crippen molar-refractivity contribution >= 4 is 35.9 Å². The number of nitrogens with zero attached hydrogens (tertiary/aromatic N) is 2. The van der Waals surface area contributed by atoms with Gasteiger partial charge in [0.05, 0.1) is 13.0 Å². The van der Waals surface area contributed by atoms with E-state index < -0.39 is 0 Å². The van der Waals surface area contributed by atoms with Crippen molar-refractivity contribution < 1.29 is 14.3 Å². The van der Waals surface area contributed by atoms with Crippen molar-refractivity contribution in [2.75, 3.05) is 47.0 Å². The van der Waals surface area contributed by atoms with Crippen molar-refractivity contribution in [3.8, 4) is 0 Å². The van der Waals surface area contributed by atoms with Crippen LogP contribution in [0.2, 0.25) is 0 Å². The number of hydrogen-bond donors (Lipinski definition) is 1. The van der Waals surface area contributed by atoms with Crippen molar-refractivity contribution in [2.45, 2.75) is 33.1 Å². The second-order valence-corrected chi connectivity index (χ2v) is 6.92. The lowest BCUT2D eigenvalue weighted by Crippen LogP contribution is -2.41. The van der Waals surface area contributed by atoms with Crippen LogP contribution in [-0.2, 0) is 14.3 Å². The summed E-state index contributed by atoms with van der Waals surface area (Å²) in [6.45, 7) is 8.18. The first-order chi connectivity index (χ1) is 11.0. The van der Waals surface area contributed by atoms with Gasteiger partial charge in [0.1, 0.15) is 0 Å². The minimum Gasteiger partial charge on any atom is -0.469 e. The molecule has 140 valence electrons. The van der Waals surface area contributed by atoms with Gasteiger partial charge >= 0.3 is 5.97 Å². The maximum Gasteiger partial charge on any atom is 0.310 e. The lowest BCUT2D eigenvalue weighted by molar-refractivity contribution is -0.145. The Labute approximate surface area is 162 Å². The first-order valence-corrected chi connectivity index (χ1v) is 8.65. The van der Waals surface area contributed by atoms with Gasteiger partial charge in [-0.25, -0.2) is 0 Å². The summed E-state index contributed by atoms with van der Waals surface area (Å²) < 4.78 is 10.1. The van der Waals surface area contributed by atoms with E-state index in [1.165, 1.54) is 20.0 Å². The molecule has 0 bridgehead atoms. The van der Waals surface area contributed by atoms with E-state index in [0.717, 1.165) is 38.6 Å². The minimum atomic E-state index is -0.116. The van der Waals surface area contributed by atoms with Crippen LogP contribution in [-0.4, -0.2) is 63.8 Å². The van der Waals surface area contributed by atoms with Crippen LogP contribution in [0, 0.1) is 17.3 Å². The van der Waals surface area contributed by atoms with E-state index in [4.69, 9.17) is 14.5 Å². The van der Waals surface area contributed by atoms with Crippen molar-refractivity contribution in [1.82, 2.24) is 10.2 Å². The molecule has 2 aliphatic rings. The summed E-state index contributed by atoms with van der Waals surface area (Å²) in [4.78, 5) is 18.9. The Morgan fingerprint density at radius 2 is 2.04 bits per heavy atom. The molecule has 0 spiro atoms. The number of halogens is 1. The number of hydrogen-bond acceptors (Lipinski definition) is 4. The van der Waals surface area contributed by atoms with Crippen LogP contribution in [0.4, 0.5) is 0 Å². The van der Waals surface area contributed by atoms with Gasteiger partial charge in [-0.1, -0.05) is 6.92 Å². The molecule has 2 rings (SSSR count). The Morgan fingerprint density at radius 1 is 1.33 bits per heavy atom. The van der Waals surface area contributed by atoms with Crippen LogP contribution >= 0.6 is 24.0 Å². The maximum atomic E-state index is 11.9. The summed E-state index contributed by atoms with van der Waals surface area (Å²) in [5.41, 5.74) is 0.337. The van der Waals surface area contributed by atoms with Crippen molar-refractivity contribution in [3.05, 3.63) is 0 Å². The standard InChI is InChI=1S/C17H31N3O3.HI/c1-5-18-16(19-12-17(6-7-17)8-9-22-3)20-10-13(2)14(11-20)15(21)23-4;/h13-14H,5-12H2,1-4H3,(H,18,19);1H. The minimum absolute atomic E-state index is 0. The number of guanidine groups is 1. The number of carbonyl (C=O) groups is 1. The molecule has 0 aromatic heterocycles. The quantitative estimate of drug-likeness (QED) is 0.277. The normalized spacial score (nSPS) is 25.2. The molecule has 6 nitrogen and oxygen atoms in total. The van der Waals surface area contributed by atoms with Crippen LogP contribution in [0.25, 0.3) is 0 Å². The molecule has 1 aliphatic heterocycles. The highest BCUT2D eigenvalue weighted by Gasteiger charge is 2.42.